The topological polar surface area (TPSA) is 87.8 Å². The Kier molecular flexibility index (Phi) is 2.64. The van der Waals surface area contributed by atoms with Crippen molar-refractivity contribution in [3.05, 3.63) is 59.0 Å². The molecule has 3 rings (SSSR count). The fraction of sp³-hybridized carbons (Fsp3) is 0.0714. The molecule has 0 bridgehead atoms. The third-order valence-corrected chi connectivity index (χ3v) is 3.15. The number of aromatic carboxylic acids is 1. The normalized spacial score (nSPS) is 13.7. The van der Waals surface area contributed by atoms with E-state index in [9.17, 15) is 14.4 Å². The number of fused-ring (bicyclic) bond motifs is 1. The average molecular weight is 271 g/mol. The zero-order valence-corrected chi connectivity index (χ0v) is 10.2. The first-order valence-corrected chi connectivity index (χ1v) is 5.84. The van der Waals surface area contributed by atoms with Crippen molar-refractivity contribution in [2.24, 2.45) is 0 Å². The highest BCUT2D eigenvalue weighted by atomic mass is 16.4. The van der Waals surface area contributed by atoms with Gasteiger partial charge >= 0.3 is 5.97 Å². The zero-order valence-electron chi connectivity index (χ0n) is 10.2. The fourth-order valence-electron chi connectivity index (χ4n) is 2.20. The lowest BCUT2D eigenvalue weighted by Gasteiger charge is -2.12. The summed E-state index contributed by atoms with van der Waals surface area (Å²) in [6, 6.07) is 7.93. The fourth-order valence-corrected chi connectivity index (χ4v) is 2.20. The van der Waals surface area contributed by atoms with E-state index < -0.39 is 17.8 Å². The van der Waals surface area contributed by atoms with Crippen molar-refractivity contribution in [3.63, 3.8) is 0 Å². The summed E-state index contributed by atoms with van der Waals surface area (Å²) >= 11 is 0. The number of hydrogen-bond donors (Lipinski definition) is 1. The number of nitrogens with zero attached hydrogens (tertiary/aromatic N) is 1. The monoisotopic (exact) mass is 271 g/mol. The molecule has 1 aliphatic heterocycles. The maximum Gasteiger partial charge on any atom is 0.372 e. The van der Waals surface area contributed by atoms with Gasteiger partial charge in [-0.3, -0.25) is 14.5 Å². The quantitative estimate of drug-likeness (QED) is 0.859. The lowest BCUT2D eigenvalue weighted by molar-refractivity contribution is 0.0616. The summed E-state index contributed by atoms with van der Waals surface area (Å²) < 4.78 is 4.84. The molecule has 2 amide bonds. The summed E-state index contributed by atoms with van der Waals surface area (Å²) in [5.74, 6) is -2.35. The Morgan fingerprint density at radius 1 is 1.10 bits per heavy atom. The number of furan rings is 1. The summed E-state index contributed by atoms with van der Waals surface area (Å²) in [5.41, 5.74) is 0.947. The van der Waals surface area contributed by atoms with Gasteiger partial charge in [0, 0.05) is 5.56 Å². The number of carboxylic acids is 1. The molecular formula is C14H9NO5. The molecule has 2 heterocycles. The van der Waals surface area contributed by atoms with E-state index in [1.54, 1.807) is 24.3 Å². The number of rotatable bonds is 3. The second-order valence-electron chi connectivity index (χ2n) is 4.32. The number of hydrogen-bond acceptors (Lipinski definition) is 4. The number of carbonyl (C=O) groups is 3. The SMILES string of the molecule is O=C(O)c1occc1CN1C(=O)c2ccccc2C1=O. The van der Waals surface area contributed by atoms with Gasteiger partial charge < -0.3 is 9.52 Å². The Balaban J connectivity index is 1.94. The third-order valence-electron chi connectivity index (χ3n) is 3.15. The number of benzene rings is 1. The van der Waals surface area contributed by atoms with Crippen LogP contribution in [0.25, 0.3) is 0 Å². The minimum absolute atomic E-state index is 0.121. The molecular weight excluding hydrogens is 262 g/mol. The predicted molar refractivity (Wildman–Crippen MR) is 66.3 cm³/mol. The molecule has 0 saturated heterocycles. The van der Waals surface area contributed by atoms with Gasteiger partial charge in [0.15, 0.2) is 0 Å². The van der Waals surface area contributed by atoms with Crippen molar-refractivity contribution in [2.75, 3.05) is 0 Å². The van der Waals surface area contributed by atoms with Gasteiger partial charge in [-0.1, -0.05) is 12.1 Å². The summed E-state index contributed by atoms with van der Waals surface area (Å²) in [5, 5.41) is 8.95. The highest BCUT2D eigenvalue weighted by molar-refractivity contribution is 6.21. The van der Waals surface area contributed by atoms with Gasteiger partial charge in [0.2, 0.25) is 5.76 Å². The van der Waals surface area contributed by atoms with E-state index in [1.807, 2.05) is 0 Å². The second kappa shape index (κ2) is 4.34. The van der Waals surface area contributed by atoms with Crippen molar-refractivity contribution >= 4 is 17.8 Å². The lowest BCUT2D eigenvalue weighted by atomic mass is 10.1. The van der Waals surface area contributed by atoms with E-state index in [4.69, 9.17) is 9.52 Å². The second-order valence-corrected chi connectivity index (χ2v) is 4.32. The molecule has 0 fully saturated rings. The minimum Gasteiger partial charge on any atom is -0.475 e. The predicted octanol–water partition coefficient (Wildman–Crippen LogP) is 1.77. The van der Waals surface area contributed by atoms with Crippen LogP contribution in [0.4, 0.5) is 0 Å². The van der Waals surface area contributed by atoms with Crippen LogP contribution in [0.3, 0.4) is 0 Å². The maximum absolute atomic E-state index is 12.1. The van der Waals surface area contributed by atoms with E-state index in [-0.39, 0.29) is 17.9 Å². The molecule has 1 aromatic heterocycles. The number of carboxylic acid groups (broad SMARTS) is 1. The van der Waals surface area contributed by atoms with Crippen LogP contribution < -0.4 is 0 Å². The first-order valence-electron chi connectivity index (χ1n) is 5.84. The molecule has 1 aliphatic rings. The van der Waals surface area contributed by atoms with Crippen LogP contribution in [-0.4, -0.2) is 27.8 Å². The van der Waals surface area contributed by atoms with Gasteiger partial charge in [0.1, 0.15) is 0 Å². The number of carbonyl (C=O) groups excluding carboxylic acids is 2. The van der Waals surface area contributed by atoms with E-state index in [0.717, 1.165) is 4.90 Å². The van der Waals surface area contributed by atoms with Crippen LogP contribution in [0, 0.1) is 0 Å². The van der Waals surface area contributed by atoms with Crippen LogP contribution in [0.2, 0.25) is 0 Å². The van der Waals surface area contributed by atoms with Gasteiger partial charge in [-0.15, -0.1) is 0 Å². The molecule has 1 aromatic carbocycles. The van der Waals surface area contributed by atoms with Crippen molar-refractivity contribution < 1.29 is 23.9 Å². The molecule has 0 spiro atoms. The number of amides is 2. The van der Waals surface area contributed by atoms with Crippen LogP contribution in [0.15, 0.2) is 41.0 Å². The minimum atomic E-state index is -1.23. The molecule has 0 unspecified atom stereocenters. The lowest BCUT2D eigenvalue weighted by Crippen LogP contribution is -2.29. The standard InChI is InChI=1S/C14H9NO5/c16-12-9-3-1-2-4-10(9)13(17)15(12)7-8-5-6-20-11(8)14(18)19/h1-6H,7H2,(H,18,19). The van der Waals surface area contributed by atoms with E-state index >= 15 is 0 Å². The molecule has 0 saturated carbocycles. The molecule has 1 N–H and O–H groups in total. The Hall–Kier alpha value is -2.89. The van der Waals surface area contributed by atoms with Crippen molar-refractivity contribution in [2.45, 2.75) is 6.54 Å². The van der Waals surface area contributed by atoms with E-state index in [2.05, 4.69) is 0 Å². The largest absolute Gasteiger partial charge is 0.475 e. The Bertz CT molecular complexity index is 696. The van der Waals surface area contributed by atoms with Gasteiger partial charge in [-0.25, -0.2) is 4.79 Å². The maximum atomic E-state index is 12.1. The van der Waals surface area contributed by atoms with Gasteiger partial charge in [-0.2, -0.15) is 0 Å². The molecule has 2 aromatic rings. The Morgan fingerprint density at radius 2 is 1.70 bits per heavy atom. The molecule has 100 valence electrons. The highest BCUT2D eigenvalue weighted by Gasteiger charge is 2.36. The molecule has 6 nitrogen and oxygen atoms in total. The average Bonchev–Trinajstić information content (AvgIpc) is 2.99. The Labute approximate surface area is 113 Å². The first-order chi connectivity index (χ1) is 9.59. The van der Waals surface area contributed by atoms with E-state index in [0.29, 0.717) is 11.1 Å². The number of imide groups is 1. The van der Waals surface area contributed by atoms with Crippen molar-refractivity contribution in [3.8, 4) is 0 Å². The molecule has 0 atom stereocenters. The van der Waals surface area contributed by atoms with Gasteiger partial charge in [0.05, 0.1) is 23.9 Å². The molecule has 20 heavy (non-hydrogen) atoms. The molecule has 6 heteroatoms. The van der Waals surface area contributed by atoms with E-state index in [1.165, 1.54) is 12.3 Å². The summed E-state index contributed by atoms with van der Waals surface area (Å²) in [6.07, 6.45) is 1.22. The highest BCUT2D eigenvalue weighted by Crippen LogP contribution is 2.25. The van der Waals surface area contributed by atoms with Crippen molar-refractivity contribution in [1.82, 2.24) is 4.90 Å². The van der Waals surface area contributed by atoms with Crippen molar-refractivity contribution in [1.29, 1.82) is 0 Å². The summed E-state index contributed by atoms with van der Waals surface area (Å²) in [7, 11) is 0. The van der Waals surface area contributed by atoms with Crippen LogP contribution in [0.5, 0.6) is 0 Å². The van der Waals surface area contributed by atoms with Crippen LogP contribution in [-0.2, 0) is 6.54 Å². The van der Waals surface area contributed by atoms with Crippen LogP contribution in [0.1, 0.15) is 36.8 Å². The first kappa shape index (κ1) is 12.2. The smallest absolute Gasteiger partial charge is 0.372 e. The zero-order chi connectivity index (χ0) is 14.3. The Morgan fingerprint density at radius 3 is 2.25 bits per heavy atom. The van der Waals surface area contributed by atoms with Gasteiger partial charge in [0.25, 0.3) is 11.8 Å². The molecule has 0 aliphatic carbocycles. The molecule has 0 radical (unpaired) electrons. The van der Waals surface area contributed by atoms with Crippen LogP contribution >= 0.6 is 0 Å². The van der Waals surface area contributed by atoms with Gasteiger partial charge in [-0.05, 0) is 18.2 Å². The summed E-state index contributed by atoms with van der Waals surface area (Å²) in [4.78, 5) is 36.3. The third kappa shape index (κ3) is 1.70. The summed E-state index contributed by atoms with van der Waals surface area (Å²) in [6.45, 7) is -0.121.